The molecule has 0 spiro atoms. The molecule has 1 aliphatic rings. The first-order valence-corrected chi connectivity index (χ1v) is 9.03. The van der Waals surface area contributed by atoms with E-state index in [2.05, 4.69) is 11.4 Å². The second-order valence-electron chi connectivity index (χ2n) is 6.36. The number of nitrogens with one attached hydrogen (secondary N) is 1. The number of unbranched alkanes of at least 4 members (excludes halogenated alkanes) is 1. The molecule has 0 bridgehead atoms. The molecule has 7 heteroatoms. The van der Waals surface area contributed by atoms with Crippen LogP contribution in [0.15, 0.2) is 30.3 Å². The lowest BCUT2D eigenvalue weighted by Gasteiger charge is -2.26. The number of hydrogen-bond donors (Lipinski definition) is 2. The Hall–Kier alpha value is -2.59. The lowest BCUT2D eigenvalue weighted by Crippen LogP contribution is -2.50. The Morgan fingerprint density at radius 2 is 2.12 bits per heavy atom. The monoisotopic (exact) mass is 358 g/mol. The highest BCUT2D eigenvalue weighted by Crippen LogP contribution is 2.19. The van der Waals surface area contributed by atoms with Crippen molar-refractivity contribution >= 4 is 12.0 Å². The van der Waals surface area contributed by atoms with Crippen LogP contribution in [-0.2, 0) is 16.1 Å². The Bertz CT molecular complexity index is 629. The van der Waals surface area contributed by atoms with Crippen LogP contribution < -0.4 is 11.1 Å². The van der Waals surface area contributed by atoms with E-state index in [1.165, 1.54) is 0 Å². The zero-order chi connectivity index (χ0) is 18.8. The summed E-state index contributed by atoms with van der Waals surface area (Å²) in [7, 11) is 0. The number of rotatable bonds is 8. The van der Waals surface area contributed by atoms with Crippen LogP contribution in [0.2, 0.25) is 0 Å². The molecule has 0 aliphatic carbocycles. The van der Waals surface area contributed by atoms with Crippen molar-refractivity contribution in [2.45, 2.75) is 50.8 Å². The van der Waals surface area contributed by atoms with Crippen LogP contribution in [-0.4, -0.2) is 42.1 Å². The normalized spacial score (nSPS) is 17.4. The van der Waals surface area contributed by atoms with E-state index >= 15 is 0 Å². The molecule has 2 atom stereocenters. The summed E-state index contributed by atoms with van der Waals surface area (Å²) in [5.41, 5.74) is 6.39. The molecule has 0 unspecified atom stereocenters. The van der Waals surface area contributed by atoms with Gasteiger partial charge in [0.05, 0.1) is 6.07 Å². The zero-order valence-corrected chi connectivity index (χ0v) is 14.9. The summed E-state index contributed by atoms with van der Waals surface area (Å²) in [6.07, 6.45) is 2.82. The minimum Gasteiger partial charge on any atom is -0.445 e. The molecule has 1 heterocycles. The second kappa shape index (κ2) is 10.4. The molecular formula is C19H26N4O3. The Balaban J connectivity index is 1.93. The van der Waals surface area contributed by atoms with Gasteiger partial charge in [-0.1, -0.05) is 30.3 Å². The molecule has 0 radical (unpaired) electrons. The average molecular weight is 358 g/mol. The topological polar surface area (TPSA) is 108 Å². The fourth-order valence-electron chi connectivity index (χ4n) is 3.02. The third-order valence-corrected chi connectivity index (χ3v) is 4.43. The fourth-order valence-corrected chi connectivity index (χ4v) is 3.02. The van der Waals surface area contributed by atoms with Crippen LogP contribution >= 0.6 is 0 Å². The van der Waals surface area contributed by atoms with E-state index in [0.29, 0.717) is 25.9 Å². The summed E-state index contributed by atoms with van der Waals surface area (Å²) in [5, 5.41) is 11.9. The van der Waals surface area contributed by atoms with Crippen molar-refractivity contribution < 1.29 is 14.3 Å². The third kappa shape index (κ3) is 5.74. The minimum absolute atomic E-state index is 0.140. The first kappa shape index (κ1) is 19.7. The molecular weight excluding hydrogens is 332 g/mol. The molecule has 1 aromatic rings. The van der Waals surface area contributed by atoms with Gasteiger partial charge < -0.3 is 20.7 Å². The fraction of sp³-hybridized carbons (Fsp3) is 0.526. The molecule has 0 aromatic heterocycles. The minimum atomic E-state index is -0.696. The summed E-state index contributed by atoms with van der Waals surface area (Å²) < 4.78 is 5.22. The van der Waals surface area contributed by atoms with E-state index in [9.17, 15) is 14.9 Å². The standard InChI is InChI=1S/C19H26N4O3/c20-11-5-4-10-17(18(24)23-12-6-9-16(23)13-21)22-19(25)26-14-15-7-2-1-3-8-15/h1-3,7-8,16-17H,4-6,9-12,14,20H2,(H,22,25)/t16-,17-/m0/s1. The molecule has 0 saturated carbocycles. The Morgan fingerprint density at radius 1 is 1.35 bits per heavy atom. The van der Waals surface area contributed by atoms with Crippen molar-refractivity contribution in [3.05, 3.63) is 35.9 Å². The van der Waals surface area contributed by atoms with Gasteiger partial charge >= 0.3 is 6.09 Å². The maximum Gasteiger partial charge on any atom is 0.408 e. The molecule has 3 N–H and O–H groups in total. The maximum atomic E-state index is 12.8. The maximum absolute atomic E-state index is 12.8. The van der Waals surface area contributed by atoms with Gasteiger partial charge in [-0.05, 0) is 44.2 Å². The van der Waals surface area contributed by atoms with Crippen molar-refractivity contribution in [1.82, 2.24) is 10.2 Å². The van der Waals surface area contributed by atoms with Crippen molar-refractivity contribution in [3.8, 4) is 6.07 Å². The number of ether oxygens (including phenoxy) is 1. The van der Waals surface area contributed by atoms with Crippen LogP contribution in [0.4, 0.5) is 4.79 Å². The number of amides is 2. The Labute approximate surface area is 154 Å². The molecule has 1 saturated heterocycles. The number of nitriles is 1. The summed E-state index contributed by atoms with van der Waals surface area (Å²) in [6.45, 7) is 1.22. The van der Waals surface area contributed by atoms with E-state index in [4.69, 9.17) is 10.5 Å². The van der Waals surface area contributed by atoms with Crippen LogP contribution in [0.1, 0.15) is 37.7 Å². The smallest absolute Gasteiger partial charge is 0.408 e. The van der Waals surface area contributed by atoms with Crippen molar-refractivity contribution in [2.24, 2.45) is 5.73 Å². The van der Waals surface area contributed by atoms with Crippen molar-refractivity contribution in [2.75, 3.05) is 13.1 Å². The van der Waals surface area contributed by atoms with E-state index in [1.807, 2.05) is 30.3 Å². The van der Waals surface area contributed by atoms with Gasteiger partial charge in [0.15, 0.2) is 0 Å². The molecule has 2 rings (SSSR count). The number of carbonyl (C=O) groups is 2. The zero-order valence-electron chi connectivity index (χ0n) is 14.9. The Morgan fingerprint density at radius 3 is 2.81 bits per heavy atom. The predicted octanol–water partition coefficient (Wildman–Crippen LogP) is 1.92. The van der Waals surface area contributed by atoms with Gasteiger partial charge in [0.2, 0.25) is 5.91 Å². The second-order valence-corrected chi connectivity index (χ2v) is 6.36. The number of carbonyl (C=O) groups excluding carboxylic acids is 2. The van der Waals surface area contributed by atoms with Gasteiger partial charge in [0.1, 0.15) is 18.7 Å². The highest BCUT2D eigenvalue weighted by atomic mass is 16.5. The Kier molecular flexibility index (Phi) is 7.90. The number of alkyl carbamates (subject to hydrolysis) is 1. The quantitative estimate of drug-likeness (QED) is 0.690. The van der Waals surface area contributed by atoms with E-state index in [1.54, 1.807) is 4.90 Å². The number of likely N-dealkylation sites (tertiary alicyclic amines) is 1. The SMILES string of the molecule is N#C[C@@H]1CCCN1C(=O)[C@H](CCCCN)NC(=O)OCc1ccccc1. The van der Waals surface area contributed by atoms with Gasteiger partial charge in [0.25, 0.3) is 0 Å². The first-order valence-electron chi connectivity index (χ1n) is 9.03. The van der Waals surface area contributed by atoms with Crippen LogP contribution in [0.5, 0.6) is 0 Å². The van der Waals surface area contributed by atoms with Crippen molar-refractivity contribution in [3.63, 3.8) is 0 Å². The largest absolute Gasteiger partial charge is 0.445 e. The number of nitrogens with two attached hydrogens (primary N) is 1. The number of benzene rings is 1. The molecule has 1 aromatic carbocycles. The number of nitrogens with zero attached hydrogens (tertiary/aromatic N) is 2. The van der Waals surface area contributed by atoms with Crippen LogP contribution in [0.25, 0.3) is 0 Å². The van der Waals surface area contributed by atoms with Crippen LogP contribution in [0, 0.1) is 11.3 Å². The molecule has 1 fully saturated rings. The molecule has 140 valence electrons. The van der Waals surface area contributed by atoms with Gasteiger partial charge in [-0.2, -0.15) is 5.26 Å². The molecule has 26 heavy (non-hydrogen) atoms. The van der Waals surface area contributed by atoms with Gasteiger partial charge in [0, 0.05) is 6.54 Å². The van der Waals surface area contributed by atoms with Gasteiger partial charge in [-0.15, -0.1) is 0 Å². The van der Waals surface area contributed by atoms with Gasteiger partial charge in [-0.25, -0.2) is 4.79 Å². The number of hydrogen-bond acceptors (Lipinski definition) is 5. The summed E-state index contributed by atoms with van der Waals surface area (Å²) in [6, 6.07) is 10.4. The average Bonchev–Trinajstić information content (AvgIpc) is 3.15. The molecule has 2 amide bonds. The highest BCUT2D eigenvalue weighted by molar-refractivity contribution is 5.86. The third-order valence-electron chi connectivity index (χ3n) is 4.43. The van der Waals surface area contributed by atoms with Crippen LogP contribution in [0.3, 0.4) is 0 Å². The first-order chi connectivity index (χ1) is 12.7. The summed E-state index contributed by atoms with van der Waals surface area (Å²) >= 11 is 0. The molecule has 7 nitrogen and oxygen atoms in total. The highest BCUT2D eigenvalue weighted by Gasteiger charge is 2.33. The van der Waals surface area contributed by atoms with E-state index in [0.717, 1.165) is 24.8 Å². The summed E-state index contributed by atoms with van der Waals surface area (Å²) in [4.78, 5) is 26.5. The predicted molar refractivity (Wildman–Crippen MR) is 96.8 cm³/mol. The molecule has 1 aliphatic heterocycles. The lowest BCUT2D eigenvalue weighted by molar-refractivity contribution is -0.133. The van der Waals surface area contributed by atoms with E-state index in [-0.39, 0.29) is 12.5 Å². The van der Waals surface area contributed by atoms with Crippen molar-refractivity contribution in [1.29, 1.82) is 5.26 Å². The van der Waals surface area contributed by atoms with Gasteiger partial charge in [-0.3, -0.25) is 4.79 Å². The van der Waals surface area contributed by atoms with E-state index < -0.39 is 18.2 Å². The summed E-state index contributed by atoms with van der Waals surface area (Å²) in [5.74, 6) is -0.220. The lowest BCUT2D eigenvalue weighted by atomic mass is 10.1.